The van der Waals surface area contributed by atoms with Gasteiger partial charge in [0.25, 0.3) is 5.56 Å². The predicted molar refractivity (Wildman–Crippen MR) is 123 cm³/mol. The number of nitrogens with zero attached hydrogens (tertiary/aromatic N) is 4. The maximum absolute atomic E-state index is 12.9. The molecule has 0 unspecified atom stereocenters. The van der Waals surface area contributed by atoms with Crippen LogP contribution in [0.5, 0.6) is 0 Å². The second-order valence-electron chi connectivity index (χ2n) is 8.10. The SMILES string of the molecule is Cc1ccc(-n2nc(N3CCCN(C(=O)Cc4ccccc4C)CC3)ccc2=O)cc1. The van der Waals surface area contributed by atoms with E-state index in [1.165, 1.54) is 4.68 Å². The van der Waals surface area contributed by atoms with Gasteiger partial charge in [-0.05, 0) is 49.6 Å². The monoisotopic (exact) mass is 416 g/mol. The Kier molecular flexibility index (Phi) is 6.16. The Hall–Kier alpha value is -3.41. The molecule has 0 aliphatic carbocycles. The lowest BCUT2D eigenvalue weighted by atomic mass is 10.1. The van der Waals surface area contributed by atoms with Crippen LogP contribution in [-0.2, 0) is 11.2 Å². The highest BCUT2D eigenvalue weighted by atomic mass is 16.2. The molecule has 6 heteroatoms. The Labute approximate surface area is 182 Å². The van der Waals surface area contributed by atoms with Gasteiger partial charge in [-0.15, -0.1) is 5.10 Å². The van der Waals surface area contributed by atoms with Crippen molar-refractivity contribution >= 4 is 11.7 Å². The zero-order valence-corrected chi connectivity index (χ0v) is 18.1. The summed E-state index contributed by atoms with van der Waals surface area (Å²) in [6.45, 7) is 6.93. The number of aryl methyl sites for hydroxylation is 2. The average molecular weight is 417 g/mol. The van der Waals surface area contributed by atoms with E-state index >= 15 is 0 Å². The van der Waals surface area contributed by atoms with Crippen molar-refractivity contribution in [3.05, 3.63) is 87.7 Å². The van der Waals surface area contributed by atoms with E-state index in [0.29, 0.717) is 19.5 Å². The average Bonchev–Trinajstić information content (AvgIpc) is 3.03. The summed E-state index contributed by atoms with van der Waals surface area (Å²) in [5.41, 5.74) is 3.96. The Bertz CT molecular complexity index is 1120. The third-order valence-corrected chi connectivity index (χ3v) is 5.84. The van der Waals surface area contributed by atoms with E-state index in [0.717, 1.165) is 47.7 Å². The lowest BCUT2D eigenvalue weighted by Crippen LogP contribution is -2.36. The van der Waals surface area contributed by atoms with Crippen molar-refractivity contribution in [1.29, 1.82) is 0 Å². The fraction of sp³-hybridized carbons (Fsp3) is 0.320. The van der Waals surface area contributed by atoms with Gasteiger partial charge in [0.1, 0.15) is 5.82 Å². The Morgan fingerprint density at radius 3 is 2.45 bits per heavy atom. The first-order valence-electron chi connectivity index (χ1n) is 10.8. The van der Waals surface area contributed by atoms with Crippen molar-refractivity contribution in [2.45, 2.75) is 26.7 Å². The smallest absolute Gasteiger partial charge is 0.271 e. The van der Waals surface area contributed by atoms with Gasteiger partial charge < -0.3 is 9.80 Å². The number of rotatable bonds is 4. The van der Waals surface area contributed by atoms with E-state index in [4.69, 9.17) is 0 Å². The summed E-state index contributed by atoms with van der Waals surface area (Å²) >= 11 is 0. The van der Waals surface area contributed by atoms with Gasteiger partial charge in [0.15, 0.2) is 0 Å². The van der Waals surface area contributed by atoms with Gasteiger partial charge in [-0.3, -0.25) is 9.59 Å². The third kappa shape index (κ3) is 4.85. The van der Waals surface area contributed by atoms with Crippen LogP contribution in [-0.4, -0.2) is 46.8 Å². The highest BCUT2D eigenvalue weighted by molar-refractivity contribution is 5.79. The van der Waals surface area contributed by atoms with Crippen LogP contribution in [0.2, 0.25) is 0 Å². The summed E-state index contributed by atoms with van der Waals surface area (Å²) in [5, 5.41) is 4.61. The summed E-state index contributed by atoms with van der Waals surface area (Å²) in [7, 11) is 0. The summed E-state index contributed by atoms with van der Waals surface area (Å²) in [4.78, 5) is 29.4. The third-order valence-electron chi connectivity index (χ3n) is 5.84. The van der Waals surface area contributed by atoms with Crippen LogP contribution in [0.1, 0.15) is 23.1 Å². The van der Waals surface area contributed by atoms with E-state index < -0.39 is 0 Å². The highest BCUT2D eigenvalue weighted by Gasteiger charge is 2.21. The fourth-order valence-corrected chi connectivity index (χ4v) is 3.92. The molecule has 2 aromatic carbocycles. The molecular formula is C25H28N4O2. The zero-order valence-electron chi connectivity index (χ0n) is 18.1. The molecule has 1 aliphatic rings. The van der Waals surface area contributed by atoms with Gasteiger partial charge in [0.05, 0.1) is 12.1 Å². The molecule has 1 saturated heterocycles. The predicted octanol–water partition coefficient (Wildman–Crippen LogP) is 3.13. The van der Waals surface area contributed by atoms with Crippen LogP contribution >= 0.6 is 0 Å². The van der Waals surface area contributed by atoms with Crippen LogP contribution in [0.4, 0.5) is 5.82 Å². The van der Waals surface area contributed by atoms with Gasteiger partial charge in [0.2, 0.25) is 5.91 Å². The molecule has 2 heterocycles. The van der Waals surface area contributed by atoms with Crippen molar-refractivity contribution in [3.63, 3.8) is 0 Å². The zero-order chi connectivity index (χ0) is 21.8. The van der Waals surface area contributed by atoms with E-state index in [1.54, 1.807) is 12.1 Å². The summed E-state index contributed by atoms with van der Waals surface area (Å²) in [5.74, 6) is 0.919. The van der Waals surface area contributed by atoms with Crippen molar-refractivity contribution in [2.24, 2.45) is 0 Å². The molecule has 31 heavy (non-hydrogen) atoms. The number of hydrogen-bond donors (Lipinski definition) is 0. The van der Waals surface area contributed by atoms with E-state index in [-0.39, 0.29) is 11.5 Å². The first-order valence-corrected chi connectivity index (χ1v) is 10.8. The molecule has 1 aromatic heterocycles. The molecule has 0 spiro atoms. The largest absolute Gasteiger partial charge is 0.353 e. The summed E-state index contributed by atoms with van der Waals surface area (Å²) in [6.07, 6.45) is 1.30. The molecular weight excluding hydrogens is 388 g/mol. The number of aromatic nitrogens is 2. The van der Waals surface area contributed by atoms with Crippen molar-refractivity contribution in [3.8, 4) is 5.69 Å². The first-order chi connectivity index (χ1) is 15.0. The molecule has 6 nitrogen and oxygen atoms in total. The Morgan fingerprint density at radius 2 is 1.68 bits per heavy atom. The minimum atomic E-state index is -0.155. The van der Waals surface area contributed by atoms with Gasteiger partial charge in [0, 0.05) is 32.2 Å². The number of benzene rings is 2. The molecule has 160 valence electrons. The van der Waals surface area contributed by atoms with E-state index in [2.05, 4.69) is 10.00 Å². The Morgan fingerprint density at radius 1 is 0.903 bits per heavy atom. The van der Waals surface area contributed by atoms with Crippen LogP contribution < -0.4 is 10.5 Å². The van der Waals surface area contributed by atoms with Crippen molar-refractivity contribution < 1.29 is 4.79 Å². The number of carbonyl (C=O) groups is 1. The molecule has 1 aliphatic heterocycles. The maximum Gasteiger partial charge on any atom is 0.271 e. The van der Waals surface area contributed by atoms with Crippen LogP contribution in [0.3, 0.4) is 0 Å². The van der Waals surface area contributed by atoms with Crippen LogP contribution in [0, 0.1) is 13.8 Å². The normalized spacial score (nSPS) is 14.4. The lowest BCUT2D eigenvalue weighted by molar-refractivity contribution is -0.130. The van der Waals surface area contributed by atoms with Crippen molar-refractivity contribution in [1.82, 2.24) is 14.7 Å². The van der Waals surface area contributed by atoms with E-state index in [9.17, 15) is 9.59 Å². The Balaban J connectivity index is 1.47. The molecule has 1 amide bonds. The second-order valence-corrected chi connectivity index (χ2v) is 8.10. The molecule has 1 fully saturated rings. The summed E-state index contributed by atoms with van der Waals surface area (Å²) in [6, 6.07) is 19.1. The van der Waals surface area contributed by atoms with E-state index in [1.807, 2.05) is 67.3 Å². The molecule has 0 bridgehead atoms. The summed E-state index contributed by atoms with van der Waals surface area (Å²) < 4.78 is 1.45. The quantitative estimate of drug-likeness (QED) is 0.656. The number of hydrogen-bond acceptors (Lipinski definition) is 4. The van der Waals surface area contributed by atoms with Crippen LogP contribution in [0.25, 0.3) is 5.69 Å². The molecule has 0 atom stereocenters. The molecule has 0 radical (unpaired) electrons. The van der Waals surface area contributed by atoms with Crippen LogP contribution in [0.15, 0.2) is 65.5 Å². The van der Waals surface area contributed by atoms with Crippen molar-refractivity contribution in [2.75, 3.05) is 31.1 Å². The number of carbonyl (C=O) groups excluding carboxylic acids is 1. The minimum absolute atomic E-state index is 0.155. The minimum Gasteiger partial charge on any atom is -0.353 e. The first kappa shape index (κ1) is 20.8. The molecule has 3 aromatic rings. The van der Waals surface area contributed by atoms with Gasteiger partial charge in [-0.25, -0.2) is 0 Å². The van der Waals surface area contributed by atoms with Gasteiger partial charge in [-0.1, -0.05) is 42.0 Å². The van der Waals surface area contributed by atoms with Gasteiger partial charge in [-0.2, -0.15) is 4.68 Å². The standard InChI is InChI=1S/C25H28N4O2/c1-19-8-10-22(11-9-19)29-24(30)13-12-23(26-29)27-14-5-15-28(17-16-27)25(31)18-21-7-4-3-6-20(21)2/h3-4,6-13H,5,14-18H2,1-2H3. The number of anilines is 1. The topological polar surface area (TPSA) is 58.4 Å². The van der Waals surface area contributed by atoms with Gasteiger partial charge >= 0.3 is 0 Å². The molecule has 4 rings (SSSR count). The molecule has 0 N–H and O–H groups in total. The number of amides is 1. The highest BCUT2D eigenvalue weighted by Crippen LogP contribution is 2.16. The maximum atomic E-state index is 12.9. The molecule has 0 saturated carbocycles. The fourth-order valence-electron chi connectivity index (χ4n) is 3.92. The lowest BCUT2D eigenvalue weighted by Gasteiger charge is -2.23. The second kappa shape index (κ2) is 9.16.